The number of rotatable bonds is 5. The Labute approximate surface area is 115 Å². The Hall–Kier alpha value is -1.92. The second-order valence-corrected chi connectivity index (χ2v) is 4.23. The monoisotopic (exact) mass is 280 g/mol. The number of likely N-dealkylation sites (N-methyl/N-ethyl adjacent to an activating group) is 1. The van der Waals surface area contributed by atoms with E-state index < -0.39 is 0 Å². The predicted octanol–water partition coefficient (Wildman–Crippen LogP) is 1.23. The maximum absolute atomic E-state index is 11.0. The minimum Gasteiger partial charge on any atom is -0.358 e. The molecule has 1 amide bonds. The topological polar surface area (TPSA) is 80.0 Å². The van der Waals surface area contributed by atoms with E-state index in [1.807, 2.05) is 12.1 Å². The molecule has 0 saturated heterocycles. The van der Waals surface area contributed by atoms with E-state index in [4.69, 9.17) is 16.1 Å². The van der Waals surface area contributed by atoms with Crippen LogP contribution >= 0.6 is 11.6 Å². The highest BCUT2D eigenvalue weighted by atomic mass is 35.5. The number of nitrogens with one attached hydrogen (secondary N) is 2. The molecule has 19 heavy (non-hydrogen) atoms. The summed E-state index contributed by atoms with van der Waals surface area (Å²) in [5.41, 5.74) is 0.825. The Balaban J connectivity index is 1.95. The van der Waals surface area contributed by atoms with Crippen LogP contribution < -0.4 is 10.6 Å². The van der Waals surface area contributed by atoms with Crippen LogP contribution in [0.3, 0.4) is 0 Å². The van der Waals surface area contributed by atoms with E-state index in [1.54, 1.807) is 19.2 Å². The van der Waals surface area contributed by atoms with Crippen molar-refractivity contribution in [2.75, 3.05) is 13.6 Å². The van der Waals surface area contributed by atoms with Crippen LogP contribution in [0.1, 0.15) is 5.89 Å². The molecule has 2 N–H and O–H groups in total. The van der Waals surface area contributed by atoms with E-state index in [0.717, 1.165) is 5.56 Å². The molecule has 6 nitrogen and oxygen atoms in total. The van der Waals surface area contributed by atoms with Crippen molar-refractivity contribution in [2.45, 2.75) is 6.54 Å². The van der Waals surface area contributed by atoms with Crippen LogP contribution in [0.2, 0.25) is 5.02 Å². The lowest BCUT2D eigenvalue weighted by atomic mass is 10.2. The first-order chi connectivity index (χ1) is 9.19. The number of nitrogens with zero attached hydrogens (tertiary/aromatic N) is 2. The fourth-order valence-electron chi connectivity index (χ4n) is 1.41. The molecule has 2 aromatic rings. The second-order valence-electron chi connectivity index (χ2n) is 3.80. The van der Waals surface area contributed by atoms with E-state index in [-0.39, 0.29) is 12.5 Å². The third kappa shape index (κ3) is 3.77. The zero-order chi connectivity index (χ0) is 13.7. The zero-order valence-electron chi connectivity index (χ0n) is 10.3. The molecule has 0 unspecified atom stereocenters. The molecule has 0 aliphatic carbocycles. The molecule has 0 bridgehead atoms. The highest BCUT2D eigenvalue weighted by Crippen LogP contribution is 2.18. The van der Waals surface area contributed by atoms with Crippen molar-refractivity contribution < 1.29 is 9.32 Å². The predicted molar refractivity (Wildman–Crippen MR) is 70.5 cm³/mol. The van der Waals surface area contributed by atoms with Crippen molar-refractivity contribution in [3.05, 3.63) is 35.2 Å². The first kappa shape index (κ1) is 13.5. The van der Waals surface area contributed by atoms with Gasteiger partial charge >= 0.3 is 0 Å². The van der Waals surface area contributed by atoms with E-state index in [9.17, 15) is 4.79 Å². The average Bonchev–Trinajstić information content (AvgIpc) is 2.88. The molecule has 0 atom stereocenters. The minimum absolute atomic E-state index is 0.0996. The lowest BCUT2D eigenvalue weighted by Gasteiger charge is -1.99. The standard InChI is InChI=1S/C12H13ClN4O2/c1-14-10(18)6-15-7-11-16-12(17-19-11)8-2-4-9(13)5-3-8/h2-5,15H,6-7H2,1H3,(H,14,18). The molecule has 0 spiro atoms. The van der Waals surface area contributed by atoms with E-state index in [0.29, 0.717) is 23.3 Å². The van der Waals surface area contributed by atoms with Crippen LogP contribution in [0, 0.1) is 0 Å². The van der Waals surface area contributed by atoms with Crippen molar-refractivity contribution in [2.24, 2.45) is 0 Å². The molecular weight excluding hydrogens is 268 g/mol. The molecule has 0 aliphatic heterocycles. The van der Waals surface area contributed by atoms with Crippen molar-refractivity contribution in [1.29, 1.82) is 0 Å². The van der Waals surface area contributed by atoms with Gasteiger partial charge in [0.25, 0.3) is 0 Å². The van der Waals surface area contributed by atoms with Crippen molar-refractivity contribution >= 4 is 17.5 Å². The summed E-state index contributed by atoms with van der Waals surface area (Å²) in [5, 5.41) is 9.92. The molecule has 1 aromatic heterocycles. The maximum Gasteiger partial charge on any atom is 0.240 e. The number of hydrogen-bond acceptors (Lipinski definition) is 5. The quantitative estimate of drug-likeness (QED) is 0.861. The number of aromatic nitrogens is 2. The van der Waals surface area contributed by atoms with Crippen LogP contribution in [-0.2, 0) is 11.3 Å². The van der Waals surface area contributed by atoms with Gasteiger partial charge < -0.3 is 9.84 Å². The zero-order valence-corrected chi connectivity index (χ0v) is 11.1. The Bertz CT molecular complexity index is 553. The molecule has 0 fully saturated rings. The summed E-state index contributed by atoms with van der Waals surface area (Å²) in [5.74, 6) is 0.819. The summed E-state index contributed by atoms with van der Waals surface area (Å²) in [6.45, 7) is 0.545. The fourth-order valence-corrected chi connectivity index (χ4v) is 1.54. The van der Waals surface area contributed by atoms with Gasteiger partial charge in [0, 0.05) is 17.6 Å². The molecule has 100 valence electrons. The van der Waals surface area contributed by atoms with Crippen LogP contribution in [0.15, 0.2) is 28.8 Å². The van der Waals surface area contributed by atoms with Gasteiger partial charge in [-0.05, 0) is 24.3 Å². The van der Waals surface area contributed by atoms with Crippen LogP contribution in [-0.4, -0.2) is 29.6 Å². The Morgan fingerprint density at radius 1 is 1.37 bits per heavy atom. The Kier molecular flexibility index (Phi) is 4.48. The maximum atomic E-state index is 11.0. The summed E-state index contributed by atoms with van der Waals surface area (Å²) in [7, 11) is 1.58. The van der Waals surface area contributed by atoms with Gasteiger partial charge in [-0.1, -0.05) is 16.8 Å². The molecule has 0 aliphatic rings. The summed E-state index contributed by atoms with van der Waals surface area (Å²) in [6, 6.07) is 7.15. The van der Waals surface area contributed by atoms with Gasteiger partial charge in [0.15, 0.2) is 0 Å². The Morgan fingerprint density at radius 3 is 2.79 bits per heavy atom. The first-order valence-electron chi connectivity index (χ1n) is 5.69. The number of benzene rings is 1. The number of carbonyl (C=O) groups is 1. The smallest absolute Gasteiger partial charge is 0.240 e. The lowest BCUT2D eigenvalue weighted by Crippen LogP contribution is -2.31. The molecule has 0 saturated carbocycles. The number of halogens is 1. The third-order valence-corrected chi connectivity index (χ3v) is 2.66. The molecular formula is C12H13ClN4O2. The van der Waals surface area contributed by atoms with Crippen LogP contribution in [0.5, 0.6) is 0 Å². The number of hydrogen-bond donors (Lipinski definition) is 2. The molecule has 1 aromatic carbocycles. The number of amides is 1. The third-order valence-electron chi connectivity index (χ3n) is 2.41. The lowest BCUT2D eigenvalue weighted by molar-refractivity contribution is -0.119. The highest BCUT2D eigenvalue weighted by molar-refractivity contribution is 6.30. The number of carbonyl (C=O) groups excluding carboxylic acids is 1. The minimum atomic E-state index is -0.0996. The SMILES string of the molecule is CNC(=O)CNCc1nc(-c2ccc(Cl)cc2)no1. The first-order valence-corrected chi connectivity index (χ1v) is 6.06. The van der Waals surface area contributed by atoms with Gasteiger partial charge in [0.2, 0.25) is 17.6 Å². The van der Waals surface area contributed by atoms with Gasteiger partial charge in [-0.2, -0.15) is 4.98 Å². The Morgan fingerprint density at radius 2 is 2.11 bits per heavy atom. The largest absolute Gasteiger partial charge is 0.358 e. The summed E-state index contributed by atoms with van der Waals surface area (Å²) in [6.07, 6.45) is 0. The normalized spacial score (nSPS) is 10.4. The van der Waals surface area contributed by atoms with Gasteiger partial charge in [-0.25, -0.2) is 0 Å². The molecule has 2 rings (SSSR count). The van der Waals surface area contributed by atoms with Crippen LogP contribution in [0.4, 0.5) is 0 Å². The molecule has 0 radical (unpaired) electrons. The van der Waals surface area contributed by atoms with Gasteiger partial charge in [0.05, 0.1) is 13.1 Å². The van der Waals surface area contributed by atoms with E-state index in [2.05, 4.69) is 20.8 Å². The fraction of sp³-hybridized carbons (Fsp3) is 0.250. The second kappa shape index (κ2) is 6.31. The van der Waals surface area contributed by atoms with E-state index in [1.165, 1.54) is 0 Å². The molecule has 1 heterocycles. The van der Waals surface area contributed by atoms with Crippen molar-refractivity contribution in [3.63, 3.8) is 0 Å². The van der Waals surface area contributed by atoms with Gasteiger partial charge in [-0.3, -0.25) is 10.1 Å². The average molecular weight is 281 g/mol. The van der Waals surface area contributed by atoms with Crippen molar-refractivity contribution in [1.82, 2.24) is 20.8 Å². The summed E-state index contributed by atoms with van der Waals surface area (Å²) in [4.78, 5) is 15.2. The van der Waals surface area contributed by atoms with Crippen LogP contribution in [0.25, 0.3) is 11.4 Å². The van der Waals surface area contributed by atoms with Crippen molar-refractivity contribution in [3.8, 4) is 11.4 Å². The summed E-state index contributed by atoms with van der Waals surface area (Å²) < 4.78 is 5.08. The molecule has 7 heteroatoms. The summed E-state index contributed by atoms with van der Waals surface area (Å²) >= 11 is 5.80. The van der Waals surface area contributed by atoms with E-state index >= 15 is 0 Å². The van der Waals surface area contributed by atoms with Gasteiger partial charge in [-0.15, -0.1) is 0 Å². The highest BCUT2D eigenvalue weighted by Gasteiger charge is 2.08. The van der Waals surface area contributed by atoms with Gasteiger partial charge in [0.1, 0.15) is 0 Å².